The molecule has 9 heteroatoms. The number of aryl methyl sites for hydroxylation is 2. The molecule has 0 bridgehead atoms. The van der Waals surface area contributed by atoms with Crippen molar-refractivity contribution in [2.45, 2.75) is 51.6 Å². The highest BCUT2D eigenvalue weighted by Crippen LogP contribution is 2.27. The van der Waals surface area contributed by atoms with Gasteiger partial charge in [-0.15, -0.1) is 0 Å². The normalized spacial score (nSPS) is 20.9. The number of morpholine rings is 1. The third-order valence-electron chi connectivity index (χ3n) is 6.61. The molecule has 8 nitrogen and oxygen atoms in total. The Kier molecular flexibility index (Phi) is 7.50. The largest absolute Gasteiger partial charge is 0.490 e. The number of hydrogen-bond donors (Lipinski definition) is 0. The summed E-state index contributed by atoms with van der Waals surface area (Å²) in [5.41, 5.74) is 0.495. The van der Waals surface area contributed by atoms with Crippen molar-refractivity contribution < 1.29 is 28.0 Å². The van der Waals surface area contributed by atoms with Gasteiger partial charge in [-0.25, -0.2) is 4.39 Å². The predicted molar refractivity (Wildman–Crippen MR) is 122 cm³/mol. The molecule has 34 heavy (non-hydrogen) atoms. The molecule has 2 aliphatic heterocycles. The Morgan fingerprint density at radius 2 is 1.79 bits per heavy atom. The average Bonchev–Trinajstić information content (AvgIpc) is 3.16. The number of carbonyl (C=O) groups is 2. The Morgan fingerprint density at radius 3 is 2.47 bits per heavy atom. The Labute approximate surface area is 199 Å². The lowest BCUT2D eigenvalue weighted by atomic mass is 9.95. The fraction of sp³-hybridized carbons (Fsp3) is 0.560. The smallest absolute Gasteiger partial charge is 0.227 e. The van der Waals surface area contributed by atoms with Gasteiger partial charge >= 0.3 is 0 Å². The van der Waals surface area contributed by atoms with Crippen LogP contribution in [-0.4, -0.2) is 71.8 Å². The van der Waals surface area contributed by atoms with Gasteiger partial charge in [0, 0.05) is 25.2 Å². The van der Waals surface area contributed by atoms with E-state index in [0.717, 1.165) is 37.9 Å². The molecule has 2 fully saturated rings. The maximum Gasteiger partial charge on any atom is 0.227 e. The lowest BCUT2D eigenvalue weighted by molar-refractivity contribution is -0.166. The van der Waals surface area contributed by atoms with Gasteiger partial charge in [-0.3, -0.25) is 9.59 Å². The highest BCUT2D eigenvalue weighted by Gasteiger charge is 2.42. The van der Waals surface area contributed by atoms with Gasteiger partial charge in [0.15, 0.2) is 0 Å². The topological polar surface area (TPSA) is 85.1 Å². The lowest BCUT2D eigenvalue weighted by Crippen LogP contribution is -2.58. The zero-order valence-corrected chi connectivity index (χ0v) is 19.8. The second-order valence-electron chi connectivity index (χ2n) is 9.19. The zero-order chi connectivity index (χ0) is 24.1. The molecule has 0 aliphatic carbocycles. The zero-order valence-electron chi connectivity index (χ0n) is 19.8. The fourth-order valence-electron chi connectivity index (χ4n) is 4.60. The van der Waals surface area contributed by atoms with Gasteiger partial charge in [-0.2, -0.15) is 0 Å². The first-order valence-electron chi connectivity index (χ1n) is 11.8. The molecule has 1 atom stereocenters. The molecule has 2 saturated heterocycles. The van der Waals surface area contributed by atoms with Crippen molar-refractivity contribution in [3.05, 3.63) is 47.1 Å². The molecular formula is C25H32FN3O5. The molecule has 2 aromatic rings. The predicted octanol–water partition coefficient (Wildman–Crippen LogP) is 3.05. The second-order valence-corrected chi connectivity index (χ2v) is 9.19. The van der Waals surface area contributed by atoms with E-state index < -0.39 is 5.60 Å². The maximum atomic E-state index is 13.3. The van der Waals surface area contributed by atoms with Crippen LogP contribution in [0.5, 0.6) is 5.75 Å². The first-order valence-corrected chi connectivity index (χ1v) is 11.8. The number of rotatable bonds is 7. The first kappa shape index (κ1) is 24.2. The Morgan fingerprint density at radius 1 is 1.06 bits per heavy atom. The summed E-state index contributed by atoms with van der Waals surface area (Å²) in [6.45, 7) is 6.12. The molecule has 184 valence electrons. The number of nitrogens with zero attached hydrogens (tertiary/aromatic N) is 3. The quantitative estimate of drug-likeness (QED) is 0.615. The van der Waals surface area contributed by atoms with Crippen LogP contribution in [0.4, 0.5) is 4.39 Å². The molecular weight excluding hydrogens is 441 g/mol. The van der Waals surface area contributed by atoms with Crippen LogP contribution in [0.1, 0.15) is 42.7 Å². The van der Waals surface area contributed by atoms with E-state index in [-0.39, 0.29) is 43.6 Å². The average molecular weight is 474 g/mol. The summed E-state index contributed by atoms with van der Waals surface area (Å²) in [5, 5.41) is 3.94. The van der Waals surface area contributed by atoms with E-state index in [2.05, 4.69) is 5.16 Å². The van der Waals surface area contributed by atoms with Gasteiger partial charge < -0.3 is 23.8 Å². The Hall–Kier alpha value is -2.94. The van der Waals surface area contributed by atoms with Crippen LogP contribution in [0.15, 0.2) is 28.8 Å². The number of amides is 2. The molecule has 0 radical (unpaired) electrons. The molecule has 1 aromatic heterocycles. The Balaban J connectivity index is 1.50. The Bertz CT molecular complexity index is 983. The van der Waals surface area contributed by atoms with Gasteiger partial charge in [0.1, 0.15) is 29.5 Å². The fourth-order valence-corrected chi connectivity index (χ4v) is 4.60. The van der Waals surface area contributed by atoms with E-state index in [9.17, 15) is 14.0 Å². The minimum absolute atomic E-state index is 0.00225. The van der Waals surface area contributed by atoms with Crippen molar-refractivity contribution in [2.75, 3.05) is 39.4 Å². The van der Waals surface area contributed by atoms with Crippen molar-refractivity contribution in [3.8, 4) is 5.75 Å². The van der Waals surface area contributed by atoms with E-state index >= 15 is 0 Å². The van der Waals surface area contributed by atoms with E-state index in [1.807, 2.05) is 11.8 Å². The number of hydrogen-bond acceptors (Lipinski definition) is 6. The summed E-state index contributed by atoms with van der Waals surface area (Å²) in [5.74, 6) is 0.684. The monoisotopic (exact) mass is 473 g/mol. The summed E-state index contributed by atoms with van der Waals surface area (Å²) in [7, 11) is 0. The SMILES string of the molecule is Cc1noc(C)c1CC(=O)N1CCOC(COc2ccc(F)cc2)(CC(=O)N2CCCCC2)C1. The van der Waals surface area contributed by atoms with Crippen molar-refractivity contribution in [1.29, 1.82) is 0 Å². The van der Waals surface area contributed by atoms with E-state index in [0.29, 0.717) is 30.4 Å². The number of benzene rings is 1. The minimum atomic E-state index is -0.991. The van der Waals surface area contributed by atoms with E-state index in [1.54, 1.807) is 24.0 Å². The van der Waals surface area contributed by atoms with Gasteiger partial charge in [0.2, 0.25) is 11.8 Å². The van der Waals surface area contributed by atoms with Crippen LogP contribution in [0, 0.1) is 19.7 Å². The van der Waals surface area contributed by atoms with Crippen LogP contribution in [0.25, 0.3) is 0 Å². The molecule has 0 saturated carbocycles. The molecule has 2 amide bonds. The molecule has 1 aromatic carbocycles. The number of halogens is 1. The number of ether oxygens (including phenoxy) is 2. The molecule has 0 spiro atoms. The van der Waals surface area contributed by atoms with Crippen LogP contribution < -0.4 is 4.74 Å². The second kappa shape index (κ2) is 10.5. The highest BCUT2D eigenvalue weighted by molar-refractivity contribution is 5.80. The van der Waals surface area contributed by atoms with Crippen molar-refractivity contribution in [1.82, 2.24) is 15.0 Å². The van der Waals surface area contributed by atoms with Crippen LogP contribution in [0.3, 0.4) is 0 Å². The van der Waals surface area contributed by atoms with Crippen LogP contribution in [0.2, 0.25) is 0 Å². The maximum absolute atomic E-state index is 13.3. The van der Waals surface area contributed by atoms with E-state index in [4.69, 9.17) is 14.0 Å². The number of piperidine rings is 1. The molecule has 1 unspecified atom stereocenters. The van der Waals surface area contributed by atoms with Gasteiger partial charge in [0.25, 0.3) is 0 Å². The van der Waals surface area contributed by atoms with Crippen LogP contribution >= 0.6 is 0 Å². The van der Waals surface area contributed by atoms with Gasteiger partial charge in [-0.1, -0.05) is 5.16 Å². The highest BCUT2D eigenvalue weighted by atomic mass is 19.1. The van der Waals surface area contributed by atoms with Gasteiger partial charge in [0.05, 0.1) is 31.7 Å². The summed E-state index contributed by atoms with van der Waals surface area (Å²) >= 11 is 0. The van der Waals surface area contributed by atoms with Crippen LogP contribution in [-0.2, 0) is 20.7 Å². The van der Waals surface area contributed by atoms with E-state index in [1.165, 1.54) is 12.1 Å². The number of aromatic nitrogens is 1. The number of likely N-dealkylation sites (tertiary alicyclic amines) is 1. The lowest BCUT2D eigenvalue weighted by Gasteiger charge is -2.43. The summed E-state index contributed by atoms with van der Waals surface area (Å²) in [6.07, 6.45) is 3.41. The molecule has 2 aliphatic rings. The summed E-state index contributed by atoms with van der Waals surface area (Å²) < 4.78 is 30.6. The molecule has 4 rings (SSSR count). The van der Waals surface area contributed by atoms with Crippen molar-refractivity contribution in [3.63, 3.8) is 0 Å². The number of carbonyl (C=O) groups excluding carboxylic acids is 2. The first-order chi connectivity index (χ1) is 16.3. The van der Waals surface area contributed by atoms with Crippen molar-refractivity contribution >= 4 is 11.8 Å². The van der Waals surface area contributed by atoms with Gasteiger partial charge in [-0.05, 0) is 57.4 Å². The standard InChI is InChI=1S/C25H32FN3O5/c1-18-22(19(2)34-27-18)14-23(30)29-12-13-33-25(16-29,15-24(31)28-10-4-3-5-11-28)17-32-21-8-6-20(26)7-9-21/h6-9H,3-5,10-17H2,1-2H3. The minimum Gasteiger partial charge on any atom is -0.490 e. The third-order valence-corrected chi connectivity index (χ3v) is 6.61. The van der Waals surface area contributed by atoms with Crippen molar-refractivity contribution in [2.24, 2.45) is 0 Å². The summed E-state index contributed by atoms with van der Waals surface area (Å²) in [4.78, 5) is 29.9. The third kappa shape index (κ3) is 5.75. The molecule has 0 N–H and O–H groups in total. The summed E-state index contributed by atoms with van der Waals surface area (Å²) in [6, 6.07) is 5.72. The molecule has 3 heterocycles.